The summed E-state index contributed by atoms with van der Waals surface area (Å²) in [5.74, 6) is 2.56. The van der Waals surface area contributed by atoms with E-state index >= 15 is 0 Å². The van der Waals surface area contributed by atoms with E-state index in [4.69, 9.17) is 0 Å². The molecule has 90 valence electrons. The summed E-state index contributed by atoms with van der Waals surface area (Å²) < 4.78 is 0. The fourth-order valence-corrected chi connectivity index (χ4v) is 4.85. The van der Waals surface area contributed by atoms with E-state index < -0.39 is 0 Å². The zero-order chi connectivity index (χ0) is 11.2. The van der Waals surface area contributed by atoms with Gasteiger partial charge in [-0.15, -0.1) is 0 Å². The summed E-state index contributed by atoms with van der Waals surface area (Å²) in [4.78, 5) is 11.6. The van der Waals surface area contributed by atoms with Gasteiger partial charge in [-0.25, -0.2) is 9.97 Å². The number of fused-ring (bicyclic) bond motifs is 3. The second kappa shape index (κ2) is 3.87. The quantitative estimate of drug-likeness (QED) is 0.759. The van der Waals surface area contributed by atoms with E-state index in [1.165, 1.54) is 55.1 Å². The molecule has 2 unspecified atom stereocenters. The monoisotopic (exact) mass is 247 g/mol. The Morgan fingerprint density at radius 3 is 3.00 bits per heavy atom. The van der Waals surface area contributed by atoms with E-state index in [-0.39, 0.29) is 0 Å². The Kier molecular flexibility index (Phi) is 2.32. The maximum Gasteiger partial charge on any atom is 0.135 e. The number of anilines is 1. The van der Waals surface area contributed by atoms with E-state index in [0.29, 0.717) is 0 Å². The normalized spacial score (nSPS) is 30.7. The van der Waals surface area contributed by atoms with Crippen molar-refractivity contribution in [1.82, 2.24) is 9.97 Å². The number of hydrogen-bond donors (Lipinski definition) is 0. The van der Waals surface area contributed by atoms with Gasteiger partial charge in [-0.1, -0.05) is 0 Å². The second-order valence-corrected chi connectivity index (χ2v) is 6.66. The van der Waals surface area contributed by atoms with Crippen LogP contribution < -0.4 is 4.90 Å². The average molecular weight is 247 g/mol. The summed E-state index contributed by atoms with van der Waals surface area (Å²) >= 11 is 2.14. The zero-order valence-corrected chi connectivity index (χ0v) is 10.7. The minimum Gasteiger partial charge on any atom is -0.351 e. The van der Waals surface area contributed by atoms with Crippen LogP contribution in [0.3, 0.4) is 0 Å². The van der Waals surface area contributed by atoms with Crippen LogP contribution in [-0.2, 0) is 12.8 Å². The van der Waals surface area contributed by atoms with Crippen molar-refractivity contribution in [2.75, 3.05) is 17.2 Å². The highest BCUT2D eigenvalue weighted by atomic mass is 32.2. The molecule has 0 N–H and O–H groups in total. The topological polar surface area (TPSA) is 29.0 Å². The Hall–Kier alpha value is -0.770. The molecule has 3 aliphatic rings. The minimum absolute atomic E-state index is 0.742. The molecule has 2 aliphatic heterocycles. The molecule has 17 heavy (non-hydrogen) atoms. The number of nitrogens with zero attached hydrogens (tertiary/aromatic N) is 3. The first kappa shape index (κ1) is 10.2. The molecule has 1 aromatic rings. The van der Waals surface area contributed by atoms with Crippen molar-refractivity contribution in [2.24, 2.45) is 0 Å². The third kappa shape index (κ3) is 1.57. The smallest absolute Gasteiger partial charge is 0.135 e. The van der Waals surface area contributed by atoms with Gasteiger partial charge in [0.25, 0.3) is 0 Å². The van der Waals surface area contributed by atoms with Crippen LogP contribution in [0.5, 0.6) is 0 Å². The Balaban J connectivity index is 1.73. The third-order valence-electron chi connectivity index (χ3n) is 4.27. The molecule has 3 heterocycles. The number of rotatable bonds is 1. The molecule has 1 aromatic heterocycles. The lowest BCUT2D eigenvalue weighted by molar-refractivity contribution is 0.651. The first-order chi connectivity index (χ1) is 8.42. The van der Waals surface area contributed by atoms with E-state index in [0.717, 1.165) is 17.7 Å². The van der Waals surface area contributed by atoms with Crippen LogP contribution >= 0.6 is 11.8 Å². The number of thioether (sulfide) groups is 1. The predicted molar refractivity (Wildman–Crippen MR) is 70.7 cm³/mol. The van der Waals surface area contributed by atoms with Crippen molar-refractivity contribution in [3.05, 3.63) is 17.6 Å². The molecule has 2 saturated heterocycles. The number of aromatic nitrogens is 2. The van der Waals surface area contributed by atoms with Crippen LogP contribution in [0.4, 0.5) is 5.82 Å². The molecule has 1 aliphatic carbocycles. The molecule has 2 fully saturated rings. The summed E-state index contributed by atoms with van der Waals surface area (Å²) in [6.45, 7) is 1.21. The van der Waals surface area contributed by atoms with E-state index in [9.17, 15) is 0 Å². The summed E-state index contributed by atoms with van der Waals surface area (Å²) in [5.41, 5.74) is 2.77. The maximum atomic E-state index is 4.60. The van der Waals surface area contributed by atoms with Crippen LogP contribution in [0.25, 0.3) is 0 Å². The first-order valence-corrected chi connectivity index (χ1v) is 7.67. The Morgan fingerprint density at radius 1 is 1.24 bits per heavy atom. The van der Waals surface area contributed by atoms with Gasteiger partial charge >= 0.3 is 0 Å². The standard InChI is InChI=1S/C13H17N3S/c1-2-4-12-11(3-1)13(15-8-14-12)16-6-10-5-9(16)7-17-10/h8-10H,1-7H2. The van der Waals surface area contributed by atoms with Crippen LogP contribution in [0, 0.1) is 0 Å². The third-order valence-corrected chi connectivity index (χ3v) is 5.66. The van der Waals surface area contributed by atoms with Gasteiger partial charge < -0.3 is 4.90 Å². The van der Waals surface area contributed by atoms with Gasteiger partial charge in [0.15, 0.2) is 0 Å². The van der Waals surface area contributed by atoms with Gasteiger partial charge in [-0.3, -0.25) is 0 Å². The highest BCUT2D eigenvalue weighted by Gasteiger charge is 2.40. The highest BCUT2D eigenvalue weighted by Crippen LogP contribution is 2.41. The van der Waals surface area contributed by atoms with Crippen LogP contribution in [-0.4, -0.2) is 33.6 Å². The summed E-state index contributed by atoms with van der Waals surface area (Å²) in [6.07, 6.45) is 8.09. The Labute approximate surface area is 106 Å². The lowest BCUT2D eigenvalue weighted by Gasteiger charge is -2.31. The maximum absolute atomic E-state index is 4.60. The molecule has 3 nitrogen and oxygen atoms in total. The van der Waals surface area contributed by atoms with Crippen molar-refractivity contribution in [3.63, 3.8) is 0 Å². The average Bonchev–Trinajstić information content (AvgIpc) is 3.00. The fourth-order valence-electron chi connectivity index (χ4n) is 3.41. The van der Waals surface area contributed by atoms with Crippen molar-refractivity contribution in [1.29, 1.82) is 0 Å². The van der Waals surface area contributed by atoms with Gasteiger partial charge in [0.2, 0.25) is 0 Å². The molecule has 4 heteroatoms. The van der Waals surface area contributed by atoms with Gasteiger partial charge in [0, 0.05) is 34.8 Å². The summed E-state index contributed by atoms with van der Waals surface area (Å²) in [7, 11) is 0. The predicted octanol–water partition coefficient (Wildman–Crippen LogP) is 2.05. The number of aryl methyl sites for hydroxylation is 1. The molecule has 2 bridgehead atoms. The van der Waals surface area contributed by atoms with Crippen molar-refractivity contribution in [3.8, 4) is 0 Å². The van der Waals surface area contributed by atoms with Crippen LogP contribution in [0.1, 0.15) is 30.5 Å². The lowest BCUT2D eigenvalue weighted by Crippen LogP contribution is -2.35. The van der Waals surface area contributed by atoms with Crippen molar-refractivity contribution >= 4 is 17.6 Å². The Bertz CT molecular complexity index is 448. The Morgan fingerprint density at radius 2 is 2.18 bits per heavy atom. The molecule has 0 aromatic carbocycles. The molecule has 4 rings (SSSR count). The van der Waals surface area contributed by atoms with Gasteiger partial charge in [0.1, 0.15) is 12.1 Å². The van der Waals surface area contributed by atoms with Gasteiger partial charge in [-0.2, -0.15) is 11.8 Å². The molecule has 0 amide bonds. The molecule has 0 radical (unpaired) electrons. The molecule has 0 spiro atoms. The first-order valence-electron chi connectivity index (χ1n) is 6.63. The zero-order valence-electron chi connectivity index (χ0n) is 9.93. The highest BCUT2D eigenvalue weighted by molar-refractivity contribution is 8.00. The van der Waals surface area contributed by atoms with Crippen LogP contribution in [0.2, 0.25) is 0 Å². The summed E-state index contributed by atoms with van der Waals surface area (Å²) in [6, 6.07) is 0.742. The lowest BCUT2D eigenvalue weighted by atomic mass is 9.96. The van der Waals surface area contributed by atoms with Gasteiger partial charge in [-0.05, 0) is 32.1 Å². The largest absolute Gasteiger partial charge is 0.351 e. The minimum atomic E-state index is 0.742. The molecular formula is C13H17N3S. The van der Waals surface area contributed by atoms with E-state index in [1.54, 1.807) is 6.33 Å². The van der Waals surface area contributed by atoms with Crippen molar-refractivity contribution in [2.45, 2.75) is 43.4 Å². The number of hydrogen-bond acceptors (Lipinski definition) is 4. The molecular weight excluding hydrogens is 230 g/mol. The molecule has 0 saturated carbocycles. The second-order valence-electron chi connectivity index (χ2n) is 5.33. The fraction of sp³-hybridized carbons (Fsp3) is 0.692. The van der Waals surface area contributed by atoms with Gasteiger partial charge in [0.05, 0.1) is 0 Å². The molecule has 2 atom stereocenters. The SMILES string of the molecule is c1nc2c(c(N3CC4CC3CS4)n1)CCCC2. The summed E-state index contributed by atoms with van der Waals surface area (Å²) in [5, 5.41) is 0.856. The van der Waals surface area contributed by atoms with Crippen LogP contribution in [0.15, 0.2) is 6.33 Å². The van der Waals surface area contributed by atoms with E-state index in [2.05, 4.69) is 26.6 Å². The van der Waals surface area contributed by atoms with E-state index in [1.807, 2.05) is 0 Å². The van der Waals surface area contributed by atoms with Crippen molar-refractivity contribution < 1.29 is 0 Å².